The number of hydrogen-bond acceptors (Lipinski definition) is 4. The Bertz CT molecular complexity index is 1100. The van der Waals surface area contributed by atoms with Gasteiger partial charge in [0.25, 0.3) is 0 Å². The molecule has 28 heavy (non-hydrogen) atoms. The van der Waals surface area contributed by atoms with Gasteiger partial charge in [-0.3, -0.25) is 4.79 Å². The molecule has 6 heteroatoms. The average Bonchev–Trinajstić information content (AvgIpc) is 3.18. The van der Waals surface area contributed by atoms with E-state index in [-0.39, 0.29) is 11.3 Å². The molecule has 0 saturated heterocycles. The summed E-state index contributed by atoms with van der Waals surface area (Å²) in [5.74, 6) is 1.09. The zero-order valence-electron chi connectivity index (χ0n) is 14.4. The van der Waals surface area contributed by atoms with Gasteiger partial charge >= 0.3 is 0 Å². The Balaban J connectivity index is 1.62. The van der Waals surface area contributed by atoms with Gasteiger partial charge in [0.15, 0.2) is 5.78 Å². The minimum absolute atomic E-state index is 0.251. The van der Waals surface area contributed by atoms with Crippen LogP contribution in [-0.2, 0) is 0 Å². The second-order valence-corrected chi connectivity index (χ2v) is 6.76. The first-order valence-electron chi connectivity index (χ1n) is 8.40. The summed E-state index contributed by atoms with van der Waals surface area (Å²) in [7, 11) is 0. The summed E-state index contributed by atoms with van der Waals surface area (Å²) in [4.78, 5) is 13.0. The maximum atomic E-state index is 13.0. The predicted molar refractivity (Wildman–Crippen MR) is 108 cm³/mol. The number of nitrogens with zero attached hydrogens (tertiary/aromatic N) is 1. The van der Waals surface area contributed by atoms with Crippen molar-refractivity contribution in [3.05, 3.63) is 100 Å². The molecule has 0 aliphatic carbocycles. The number of benzene rings is 3. The molecule has 138 valence electrons. The third-order valence-electron chi connectivity index (χ3n) is 4.11. The highest BCUT2D eigenvalue weighted by atomic mass is 35.5. The summed E-state index contributed by atoms with van der Waals surface area (Å²) in [6.07, 6.45) is 1.30. The number of carbonyl (C=O) groups excluding carboxylic acids is 1. The molecule has 0 saturated carbocycles. The van der Waals surface area contributed by atoms with Crippen LogP contribution in [-0.4, -0.2) is 10.9 Å². The van der Waals surface area contributed by atoms with Gasteiger partial charge < -0.3 is 9.26 Å². The molecule has 0 fully saturated rings. The van der Waals surface area contributed by atoms with Gasteiger partial charge in [0.1, 0.15) is 23.5 Å². The number of halogens is 2. The van der Waals surface area contributed by atoms with Crippen LogP contribution in [0.15, 0.2) is 83.6 Å². The molecule has 3 aromatic carbocycles. The number of ether oxygens (including phenoxy) is 1. The van der Waals surface area contributed by atoms with Crippen LogP contribution in [0.3, 0.4) is 0 Å². The molecule has 0 aliphatic rings. The lowest BCUT2D eigenvalue weighted by atomic mass is 10.0. The van der Waals surface area contributed by atoms with E-state index < -0.39 is 0 Å². The highest BCUT2D eigenvalue weighted by Crippen LogP contribution is 2.36. The van der Waals surface area contributed by atoms with Crippen molar-refractivity contribution >= 4 is 29.0 Å². The molecule has 4 nitrogen and oxygen atoms in total. The molecule has 1 aromatic heterocycles. The Labute approximate surface area is 171 Å². The minimum atomic E-state index is -0.251. The lowest BCUT2D eigenvalue weighted by molar-refractivity contribution is 0.103. The maximum absolute atomic E-state index is 13.0. The molecule has 0 atom stereocenters. The standard InChI is InChI=1S/C22H13Cl2NO3/c23-18-7-4-8-19(24)20(18)21-17(13-27-25-21)22(26)14-9-11-16(12-10-14)28-15-5-2-1-3-6-15/h1-13H. The van der Waals surface area contributed by atoms with Crippen molar-refractivity contribution in [1.29, 1.82) is 0 Å². The fourth-order valence-electron chi connectivity index (χ4n) is 2.76. The molecule has 1 heterocycles. The van der Waals surface area contributed by atoms with Gasteiger partial charge in [-0.1, -0.05) is 52.6 Å². The number of hydrogen-bond donors (Lipinski definition) is 0. The Morgan fingerprint density at radius 1 is 0.821 bits per heavy atom. The topological polar surface area (TPSA) is 52.3 Å². The van der Waals surface area contributed by atoms with Crippen molar-refractivity contribution in [2.45, 2.75) is 0 Å². The van der Waals surface area contributed by atoms with Crippen molar-refractivity contribution < 1.29 is 14.1 Å². The van der Waals surface area contributed by atoms with Crippen LogP contribution in [0, 0.1) is 0 Å². The van der Waals surface area contributed by atoms with Gasteiger partial charge in [-0.2, -0.15) is 0 Å². The second kappa shape index (κ2) is 7.89. The van der Waals surface area contributed by atoms with E-state index in [0.29, 0.717) is 32.6 Å². The van der Waals surface area contributed by atoms with Crippen molar-refractivity contribution in [1.82, 2.24) is 5.16 Å². The molecule has 0 unspecified atom stereocenters. The largest absolute Gasteiger partial charge is 0.457 e. The number of carbonyl (C=O) groups is 1. The maximum Gasteiger partial charge on any atom is 0.198 e. The van der Waals surface area contributed by atoms with Gasteiger partial charge in [-0.05, 0) is 48.5 Å². The normalized spacial score (nSPS) is 10.6. The fraction of sp³-hybridized carbons (Fsp3) is 0. The van der Waals surface area contributed by atoms with Crippen molar-refractivity contribution in [2.24, 2.45) is 0 Å². The Kier molecular flexibility index (Phi) is 5.15. The first-order chi connectivity index (χ1) is 13.6. The van der Waals surface area contributed by atoms with Crippen LogP contribution < -0.4 is 4.74 Å². The lowest BCUT2D eigenvalue weighted by Crippen LogP contribution is -2.02. The molecule has 0 spiro atoms. The number of para-hydroxylation sites is 1. The molecule has 0 N–H and O–H groups in total. The van der Waals surface area contributed by atoms with Crippen molar-refractivity contribution in [3.8, 4) is 22.8 Å². The SMILES string of the molecule is O=C(c1ccc(Oc2ccccc2)cc1)c1conc1-c1c(Cl)cccc1Cl. The molecule has 0 radical (unpaired) electrons. The molecule has 4 aromatic rings. The van der Waals surface area contributed by atoms with E-state index in [0.717, 1.165) is 5.75 Å². The Hall–Kier alpha value is -3.08. The highest BCUT2D eigenvalue weighted by Gasteiger charge is 2.22. The molecule has 0 amide bonds. The summed E-state index contributed by atoms with van der Waals surface area (Å²) >= 11 is 12.5. The highest BCUT2D eigenvalue weighted by molar-refractivity contribution is 6.39. The van der Waals surface area contributed by atoms with E-state index in [1.165, 1.54) is 6.26 Å². The first kappa shape index (κ1) is 18.3. The van der Waals surface area contributed by atoms with Crippen LogP contribution >= 0.6 is 23.2 Å². The van der Waals surface area contributed by atoms with Gasteiger partial charge in [-0.15, -0.1) is 0 Å². The van der Waals surface area contributed by atoms with Gasteiger partial charge in [0, 0.05) is 11.1 Å². The molecular formula is C22H13Cl2NO3. The fourth-order valence-corrected chi connectivity index (χ4v) is 3.33. The third kappa shape index (κ3) is 3.65. The third-order valence-corrected chi connectivity index (χ3v) is 4.74. The average molecular weight is 410 g/mol. The predicted octanol–water partition coefficient (Wildman–Crippen LogP) is 6.67. The second-order valence-electron chi connectivity index (χ2n) is 5.94. The summed E-state index contributed by atoms with van der Waals surface area (Å²) in [5, 5.41) is 4.72. The first-order valence-corrected chi connectivity index (χ1v) is 9.15. The molecular weight excluding hydrogens is 397 g/mol. The summed E-state index contributed by atoms with van der Waals surface area (Å²) in [5.41, 5.74) is 1.52. The summed E-state index contributed by atoms with van der Waals surface area (Å²) in [6, 6.07) is 21.3. The molecule has 4 rings (SSSR count). The van der Waals surface area contributed by atoms with E-state index in [9.17, 15) is 4.79 Å². The van der Waals surface area contributed by atoms with Crippen molar-refractivity contribution in [3.63, 3.8) is 0 Å². The zero-order valence-corrected chi connectivity index (χ0v) is 15.9. The molecule has 0 aliphatic heterocycles. The van der Waals surface area contributed by atoms with Crippen molar-refractivity contribution in [2.75, 3.05) is 0 Å². The van der Waals surface area contributed by atoms with Crippen LogP contribution in [0.25, 0.3) is 11.3 Å². The van der Waals surface area contributed by atoms with E-state index in [4.69, 9.17) is 32.5 Å². The smallest absolute Gasteiger partial charge is 0.198 e. The van der Waals surface area contributed by atoms with Crippen LogP contribution in [0.4, 0.5) is 0 Å². The van der Waals surface area contributed by atoms with E-state index >= 15 is 0 Å². The van der Waals surface area contributed by atoms with Crippen LogP contribution in [0.2, 0.25) is 10.0 Å². The number of ketones is 1. The van der Waals surface area contributed by atoms with E-state index in [1.807, 2.05) is 30.3 Å². The Morgan fingerprint density at radius 3 is 2.14 bits per heavy atom. The Morgan fingerprint density at radius 2 is 1.46 bits per heavy atom. The minimum Gasteiger partial charge on any atom is -0.457 e. The van der Waals surface area contributed by atoms with Gasteiger partial charge in [0.2, 0.25) is 0 Å². The van der Waals surface area contributed by atoms with Crippen LogP contribution in [0.5, 0.6) is 11.5 Å². The molecule has 0 bridgehead atoms. The van der Waals surface area contributed by atoms with E-state index in [2.05, 4.69) is 5.16 Å². The van der Waals surface area contributed by atoms with Gasteiger partial charge in [0.05, 0.1) is 15.6 Å². The summed E-state index contributed by atoms with van der Waals surface area (Å²) < 4.78 is 10.8. The zero-order chi connectivity index (χ0) is 19.5. The van der Waals surface area contributed by atoms with E-state index in [1.54, 1.807) is 42.5 Å². The quantitative estimate of drug-likeness (QED) is 0.345. The number of rotatable bonds is 5. The van der Waals surface area contributed by atoms with Gasteiger partial charge in [-0.25, -0.2) is 0 Å². The monoisotopic (exact) mass is 409 g/mol. The number of aromatic nitrogens is 1. The summed E-state index contributed by atoms with van der Waals surface area (Å²) in [6.45, 7) is 0. The lowest BCUT2D eigenvalue weighted by Gasteiger charge is -2.07. The van der Waals surface area contributed by atoms with Crippen LogP contribution in [0.1, 0.15) is 15.9 Å².